The molecule has 0 aliphatic carbocycles. The summed E-state index contributed by atoms with van der Waals surface area (Å²) in [5.41, 5.74) is 3.59. The SMILES string of the molecule is Cc1ccc(N2CCN(CCCN3c4ccccc4Sc4ccc(C(F)(F)F)cc43)CC2)cc1. The van der Waals surface area contributed by atoms with E-state index in [9.17, 15) is 13.2 Å². The molecule has 2 aliphatic rings. The quantitative estimate of drug-likeness (QED) is 0.393. The number of hydrogen-bond acceptors (Lipinski definition) is 4. The number of aryl methyl sites for hydroxylation is 1. The predicted octanol–water partition coefficient (Wildman–Crippen LogP) is 6.83. The smallest absolute Gasteiger partial charge is 0.369 e. The fourth-order valence-corrected chi connectivity index (χ4v) is 5.76. The van der Waals surface area contributed by atoms with Gasteiger partial charge in [-0.1, -0.05) is 41.6 Å². The first-order valence-corrected chi connectivity index (χ1v) is 12.5. The molecule has 2 aliphatic heterocycles. The summed E-state index contributed by atoms with van der Waals surface area (Å²) in [6, 6.07) is 20.7. The van der Waals surface area contributed by atoms with Crippen molar-refractivity contribution in [1.29, 1.82) is 0 Å². The Labute approximate surface area is 203 Å². The maximum Gasteiger partial charge on any atom is 0.416 e. The summed E-state index contributed by atoms with van der Waals surface area (Å²) >= 11 is 1.54. The van der Waals surface area contributed by atoms with Gasteiger partial charge < -0.3 is 9.80 Å². The summed E-state index contributed by atoms with van der Waals surface area (Å²) in [4.78, 5) is 8.91. The average molecular weight is 484 g/mol. The lowest BCUT2D eigenvalue weighted by Gasteiger charge is -2.37. The van der Waals surface area contributed by atoms with Gasteiger partial charge in [0.15, 0.2) is 0 Å². The van der Waals surface area contributed by atoms with Crippen LogP contribution in [0.3, 0.4) is 0 Å². The lowest BCUT2D eigenvalue weighted by molar-refractivity contribution is -0.137. The van der Waals surface area contributed by atoms with E-state index in [0.29, 0.717) is 12.2 Å². The van der Waals surface area contributed by atoms with Gasteiger partial charge in [0, 0.05) is 48.2 Å². The second-order valence-electron chi connectivity index (χ2n) is 8.92. The molecule has 0 aromatic heterocycles. The molecule has 0 atom stereocenters. The van der Waals surface area contributed by atoms with E-state index in [1.54, 1.807) is 17.8 Å². The van der Waals surface area contributed by atoms with E-state index in [1.807, 2.05) is 24.3 Å². The summed E-state index contributed by atoms with van der Waals surface area (Å²) < 4.78 is 40.2. The molecule has 0 N–H and O–H groups in total. The first-order chi connectivity index (χ1) is 16.4. The molecule has 3 nitrogen and oxygen atoms in total. The number of fused-ring (bicyclic) bond motifs is 2. The largest absolute Gasteiger partial charge is 0.416 e. The van der Waals surface area contributed by atoms with Gasteiger partial charge in [-0.3, -0.25) is 4.90 Å². The van der Waals surface area contributed by atoms with Crippen LogP contribution in [0.4, 0.5) is 30.2 Å². The molecule has 0 radical (unpaired) electrons. The van der Waals surface area contributed by atoms with Crippen molar-refractivity contribution in [3.8, 4) is 0 Å². The zero-order chi connectivity index (χ0) is 23.7. The molecule has 1 saturated heterocycles. The Kier molecular flexibility index (Phi) is 6.49. The van der Waals surface area contributed by atoms with Crippen molar-refractivity contribution in [2.75, 3.05) is 49.1 Å². The minimum Gasteiger partial charge on any atom is -0.369 e. The van der Waals surface area contributed by atoms with Crippen LogP contribution in [0.2, 0.25) is 0 Å². The molecule has 3 aromatic rings. The number of para-hydroxylation sites is 1. The van der Waals surface area contributed by atoms with E-state index in [4.69, 9.17) is 0 Å². The zero-order valence-electron chi connectivity index (χ0n) is 19.2. The third kappa shape index (κ3) is 4.91. The van der Waals surface area contributed by atoms with Gasteiger partial charge in [-0.25, -0.2) is 0 Å². The highest BCUT2D eigenvalue weighted by Gasteiger charge is 2.33. The van der Waals surface area contributed by atoms with Crippen molar-refractivity contribution < 1.29 is 13.2 Å². The van der Waals surface area contributed by atoms with Gasteiger partial charge in [0.25, 0.3) is 0 Å². The lowest BCUT2D eigenvalue weighted by Crippen LogP contribution is -2.47. The molecule has 2 heterocycles. The van der Waals surface area contributed by atoms with Gasteiger partial charge in [-0.2, -0.15) is 13.2 Å². The number of halogens is 3. The van der Waals surface area contributed by atoms with Crippen LogP contribution in [0.25, 0.3) is 0 Å². The third-order valence-corrected chi connectivity index (χ3v) is 7.71. The van der Waals surface area contributed by atoms with E-state index in [2.05, 4.69) is 45.9 Å². The number of piperazine rings is 1. The van der Waals surface area contributed by atoms with Crippen molar-refractivity contribution in [3.05, 3.63) is 77.9 Å². The van der Waals surface area contributed by atoms with Gasteiger partial charge >= 0.3 is 6.18 Å². The van der Waals surface area contributed by atoms with E-state index < -0.39 is 11.7 Å². The number of nitrogens with zero attached hydrogens (tertiary/aromatic N) is 3. The number of hydrogen-bond donors (Lipinski definition) is 0. The first-order valence-electron chi connectivity index (χ1n) is 11.7. The molecular formula is C27H28F3N3S. The molecule has 34 heavy (non-hydrogen) atoms. The molecule has 1 fully saturated rings. The highest BCUT2D eigenvalue weighted by atomic mass is 32.2. The van der Waals surface area contributed by atoms with Gasteiger partial charge in [-0.05, 0) is 62.4 Å². The van der Waals surface area contributed by atoms with Crippen molar-refractivity contribution in [3.63, 3.8) is 0 Å². The molecular weight excluding hydrogens is 455 g/mol. The Morgan fingerprint density at radius 1 is 0.794 bits per heavy atom. The second kappa shape index (κ2) is 9.55. The molecule has 0 amide bonds. The Hall–Kier alpha value is -2.64. The third-order valence-electron chi connectivity index (χ3n) is 6.58. The summed E-state index contributed by atoms with van der Waals surface area (Å²) in [7, 11) is 0. The van der Waals surface area contributed by atoms with E-state index in [0.717, 1.165) is 54.6 Å². The van der Waals surface area contributed by atoms with Crippen LogP contribution in [0, 0.1) is 6.92 Å². The normalized spacial score (nSPS) is 16.4. The maximum absolute atomic E-state index is 13.4. The van der Waals surface area contributed by atoms with Gasteiger partial charge in [0.05, 0.1) is 16.9 Å². The highest BCUT2D eigenvalue weighted by Crippen LogP contribution is 2.49. The highest BCUT2D eigenvalue weighted by molar-refractivity contribution is 7.99. The van der Waals surface area contributed by atoms with Crippen LogP contribution in [0.15, 0.2) is 76.5 Å². The maximum atomic E-state index is 13.4. The van der Waals surface area contributed by atoms with Crippen molar-refractivity contribution in [2.45, 2.75) is 29.3 Å². The van der Waals surface area contributed by atoms with Gasteiger partial charge in [-0.15, -0.1) is 0 Å². The fraction of sp³-hybridized carbons (Fsp3) is 0.333. The summed E-state index contributed by atoms with van der Waals surface area (Å²) in [5, 5.41) is 0. The Morgan fingerprint density at radius 3 is 2.24 bits per heavy atom. The van der Waals surface area contributed by atoms with E-state index in [1.165, 1.54) is 23.4 Å². The summed E-state index contributed by atoms with van der Waals surface area (Å²) in [6.07, 6.45) is -3.46. The first kappa shape index (κ1) is 23.1. The molecule has 7 heteroatoms. The molecule has 3 aromatic carbocycles. The van der Waals surface area contributed by atoms with Gasteiger partial charge in [0.1, 0.15) is 0 Å². The minimum absolute atomic E-state index is 0.594. The Bertz CT molecular complexity index is 1140. The molecule has 0 bridgehead atoms. The monoisotopic (exact) mass is 483 g/mol. The van der Waals surface area contributed by atoms with Crippen molar-refractivity contribution >= 4 is 28.8 Å². The number of benzene rings is 3. The van der Waals surface area contributed by atoms with Crippen molar-refractivity contribution in [1.82, 2.24) is 4.90 Å². The molecule has 5 rings (SSSR count). The van der Waals surface area contributed by atoms with Crippen LogP contribution in [-0.2, 0) is 6.18 Å². The van der Waals surface area contributed by atoms with Crippen LogP contribution >= 0.6 is 11.8 Å². The van der Waals surface area contributed by atoms with Gasteiger partial charge in [0.2, 0.25) is 0 Å². The van der Waals surface area contributed by atoms with Crippen LogP contribution < -0.4 is 9.80 Å². The van der Waals surface area contributed by atoms with Crippen molar-refractivity contribution in [2.24, 2.45) is 0 Å². The van der Waals surface area contributed by atoms with Crippen LogP contribution in [0.1, 0.15) is 17.5 Å². The molecule has 0 spiro atoms. The lowest BCUT2D eigenvalue weighted by atomic mass is 10.1. The number of rotatable bonds is 5. The number of alkyl halides is 3. The topological polar surface area (TPSA) is 9.72 Å². The molecule has 0 unspecified atom stereocenters. The summed E-state index contributed by atoms with van der Waals surface area (Å²) in [6.45, 7) is 7.69. The van der Waals surface area contributed by atoms with E-state index in [-0.39, 0.29) is 0 Å². The van der Waals surface area contributed by atoms with E-state index >= 15 is 0 Å². The number of anilines is 3. The molecule has 178 valence electrons. The Morgan fingerprint density at radius 2 is 1.50 bits per heavy atom. The molecule has 0 saturated carbocycles. The van der Waals surface area contributed by atoms with Crippen LogP contribution in [0.5, 0.6) is 0 Å². The zero-order valence-corrected chi connectivity index (χ0v) is 20.0. The Balaban J connectivity index is 1.25. The standard InChI is InChI=1S/C27H28F3N3S/c1-20-7-10-22(11-8-20)32-17-15-31(16-18-32)13-4-14-33-23-5-2-3-6-25(23)34-26-12-9-21(19-24(26)33)27(28,29)30/h2-3,5-12,19H,4,13-18H2,1H3. The fourth-order valence-electron chi connectivity index (χ4n) is 4.68. The minimum atomic E-state index is -4.35. The summed E-state index contributed by atoms with van der Waals surface area (Å²) in [5.74, 6) is 0. The second-order valence-corrected chi connectivity index (χ2v) is 10.0. The predicted molar refractivity (Wildman–Crippen MR) is 133 cm³/mol. The van der Waals surface area contributed by atoms with Crippen LogP contribution in [-0.4, -0.2) is 44.2 Å². The average Bonchev–Trinajstić information content (AvgIpc) is 2.84.